The van der Waals surface area contributed by atoms with Gasteiger partial charge in [0.1, 0.15) is 17.1 Å². The van der Waals surface area contributed by atoms with Crippen molar-refractivity contribution in [3.8, 4) is 11.5 Å². The molecule has 0 fully saturated rings. The van der Waals surface area contributed by atoms with Crippen molar-refractivity contribution in [2.75, 3.05) is 6.61 Å². The predicted molar refractivity (Wildman–Crippen MR) is 55.4 cm³/mol. The summed E-state index contributed by atoms with van der Waals surface area (Å²) in [6.07, 6.45) is 0. The van der Waals surface area contributed by atoms with E-state index in [4.69, 9.17) is 9.47 Å². The Morgan fingerprint density at radius 3 is 2.62 bits per heavy atom. The number of phenolic OH excluding ortho intramolecular Hbond substituents is 1. The van der Waals surface area contributed by atoms with Gasteiger partial charge in [-0.05, 0) is 19.1 Å². The molecule has 0 aliphatic heterocycles. The zero-order valence-corrected chi connectivity index (χ0v) is 9.02. The van der Waals surface area contributed by atoms with Crippen molar-refractivity contribution in [3.05, 3.63) is 23.8 Å². The molecule has 1 aromatic rings. The smallest absolute Gasteiger partial charge is 0.341 e. The number of benzene rings is 1. The highest BCUT2D eigenvalue weighted by molar-refractivity contribution is 5.93. The summed E-state index contributed by atoms with van der Waals surface area (Å²) in [6.45, 7) is 3.10. The lowest BCUT2D eigenvalue weighted by molar-refractivity contribution is -0.131. The number of rotatable bonds is 3. The highest BCUT2D eigenvalue weighted by Crippen LogP contribution is 2.24. The van der Waals surface area contributed by atoms with Crippen LogP contribution < -0.4 is 4.74 Å². The summed E-state index contributed by atoms with van der Waals surface area (Å²) < 4.78 is 9.57. The van der Waals surface area contributed by atoms with Crippen molar-refractivity contribution in [2.24, 2.45) is 0 Å². The number of esters is 2. The Balaban J connectivity index is 3.06. The molecule has 0 unspecified atom stereocenters. The van der Waals surface area contributed by atoms with Gasteiger partial charge in [-0.25, -0.2) is 4.79 Å². The van der Waals surface area contributed by atoms with Crippen LogP contribution in [-0.4, -0.2) is 23.7 Å². The molecule has 0 atom stereocenters. The molecule has 0 aliphatic rings. The first-order chi connectivity index (χ1) is 7.54. The minimum Gasteiger partial charge on any atom is -0.508 e. The molecule has 0 saturated heterocycles. The first kappa shape index (κ1) is 12.0. The lowest BCUT2D eigenvalue weighted by atomic mass is 10.2. The van der Waals surface area contributed by atoms with E-state index < -0.39 is 11.9 Å². The van der Waals surface area contributed by atoms with Crippen LogP contribution in [0.3, 0.4) is 0 Å². The molecule has 1 N–H and O–H groups in total. The number of hydrogen-bond acceptors (Lipinski definition) is 5. The first-order valence-electron chi connectivity index (χ1n) is 4.73. The van der Waals surface area contributed by atoms with Gasteiger partial charge in [-0.15, -0.1) is 0 Å². The molecule has 1 aromatic carbocycles. The Morgan fingerprint density at radius 2 is 2.06 bits per heavy atom. The van der Waals surface area contributed by atoms with Crippen LogP contribution in [0.15, 0.2) is 18.2 Å². The molecule has 0 heterocycles. The van der Waals surface area contributed by atoms with Crippen molar-refractivity contribution >= 4 is 11.9 Å². The number of aromatic hydroxyl groups is 1. The molecule has 0 amide bonds. The molecular weight excluding hydrogens is 212 g/mol. The molecule has 86 valence electrons. The highest BCUT2D eigenvalue weighted by atomic mass is 16.5. The van der Waals surface area contributed by atoms with Crippen LogP contribution in [0.1, 0.15) is 24.2 Å². The maximum absolute atomic E-state index is 11.5. The average Bonchev–Trinajstić information content (AvgIpc) is 2.16. The summed E-state index contributed by atoms with van der Waals surface area (Å²) >= 11 is 0. The Labute approximate surface area is 92.6 Å². The molecule has 5 nitrogen and oxygen atoms in total. The van der Waals surface area contributed by atoms with Gasteiger partial charge in [0.2, 0.25) is 0 Å². The predicted octanol–water partition coefficient (Wildman–Crippen LogP) is 1.49. The third-order valence-corrected chi connectivity index (χ3v) is 1.71. The third-order valence-electron chi connectivity index (χ3n) is 1.71. The second kappa shape index (κ2) is 5.16. The third kappa shape index (κ3) is 2.98. The minimum atomic E-state index is -0.598. The molecule has 0 spiro atoms. The molecular formula is C11H12O5. The van der Waals surface area contributed by atoms with Gasteiger partial charge in [0, 0.05) is 13.0 Å². The van der Waals surface area contributed by atoms with Gasteiger partial charge in [-0.3, -0.25) is 4.79 Å². The number of carbonyl (C=O) groups is 2. The summed E-state index contributed by atoms with van der Waals surface area (Å²) in [5.41, 5.74) is 0.106. The van der Waals surface area contributed by atoms with Gasteiger partial charge in [0.25, 0.3) is 0 Å². The van der Waals surface area contributed by atoms with E-state index in [-0.39, 0.29) is 23.7 Å². The summed E-state index contributed by atoms with van der Waals surface area (Å²) in [6, 6.07) is 3.85. The van der Waals surface area contributed by atoms with Crippen LogP contribution in [0.2, 0.25) is 0 Å². The number of hydrogen-bond donors (Lipinski definition) is 1. The van der Waals surface area contributed by atoms with Gasteiger partial charge in [-0.2, -0.15) is 0 Å². The fourth-order valence-electron chi connectivity index (χ4n) is 1.13. The molecule has 0 saturated carbocycles. The van der Waals surface area contributed by atoms with Gasteiger partial charge in [0.15, 0.2) is 0 Å². The highest BCUT2D eigenvalue weighted by Gasteiger charge is 2.15. The number of phenols is 1. The zero-order chi connectivity index (χ0) is 12.1. The van der Waals surface area contributed by atoms with E-state index in [1.54, 1.807) is 6.92 Å². The average molecular weight is 224 g/mol. The summed E-state index contributed by atoms with van der Waals surface area (Å²) in [7, 11) is 0. The Kier molecular flexibility index (Phi) is 3.88. The molecule has 0 aromatic heterocycles. The van der Waals surface area contributed by atoms with Crippen LogP contribution >= 0.6 is 0 Å². The van der Waals surface area contributed by atoms with Crippen LogP contribution in [0.5, 0.6) is 11.5 Å². The normalized spacial score (nSPS) is 9.62. The maximum Gasteiger partial charge on any atom is 0.341 e. The van der Waals surface area contributed by atoms with Crippen molar-refractivity contribution in [1.29, 1.82) is 0 Å². The van der Waals surface area contributed by atoms with Crippen molar-refractivity contribution < 1.29 is 24.2 Å². The van der Waals surface area contributed by atoms with E-state index in [9.17, 15) is 14.7 Å². The zero-order valence-electron chi connectivity index (χ0n) is 9.02. The van der Waals surface area contributed by atoms with Gasteiger partial charge in [-0.1, -0.05) is 0 Å². The van der Waals surface area contributed by atoms with Crippen molar-refractivity contribution in [3.63, 3.8) is 0 Å². The van der Waals surface area contributed by atoms with Crippen molar-refractivity contribution in [1.82, 2.24) is 0 Å². The quantitative estimate of drug-likeness (QED) is 0.622. The molecule has 0 radical (unpaired) electrons. The van der Waals surface area contributed by atoms with Crippen LogP contribution in [0.4, 0.5) is 0 Å². The Morgan fingerprint density at radius 1 is 1.38 bits per heavy atom. The molecule has 1 rings (SSSR count). The molecule has 5 heteroatoms. The van der Waals surface area contributed by atoms with E-state index in [1.165, 1.54) is 25.1 Å². The Bertz CT molecular complexity index is 411. The number of ether oxygens (including phenoxy) is 2. The lowest BCUT2D eigenvalue weighted by Crippen LogP contribution is -2.10. The molecule has 0 aliphatic carbocycles. The fraction of sp³-hybridized carbons (Fsp3) is 0.273. The standard InChI is InChI=1S/C11H12O5/c1-3-15-11(14)9-5-4-8(13)6-10(9)16-7(2)12/h4-6,13H,3H2,1-2H3. The number of carbonyl (C=O) groups excluding carboxylic acids is 2. The second-order valence-corrected chi connectivity index (χ2v) is 2.99. The lowest BCUT2D eigenvalue weighted by Gasteiger charge is -2.08. The first-order valence-corrected chi connectivity index (χ1v) is 4.73. The van der Waals surface area contributed by atoms with E-state index in [2.05, 4.69) is 0 Å². The minimum absolute atomic E-state index is 0.00838. The summed E-state index contributed by atoms with van der Waals surface area (Å²) in [5.74, 6) is -1.27. The second-order valence-electron chi connectivity index (χ2n) is 2.99. The summed E-state index contributed by atoms with van der Waals surface area (Å²) in [4.78, 5) is 22.3. The van der Waals surface area contributed by atoms with Gasteiger partial charge in [0.05, 0.1) is 6.61 Å². The largest absolute Gasteiger partial charge is 0.508 e. The SMILES string of the molecule is CCOC(=O)c1ccc(O)cc1OC(C)=O. The van der Waals surface area contributed by atoms with Crippen LogP contribution in [0, 0.1) is 0 Å². The summed E-state index contributed by atoms with van der Waals surface area (Å²) in [5, 5.41) is 9.22. The van der Waals surface area contributed by atoms with Crippen LogP contribution in [0.25, 0.3) is 0 Å². The van der Waals surface area contributed by atoms with E-state index in [1.807, 2.05) is 0 Å². The maximum atomic E-state index is 11.5. The Hall–Kier alpha value is -2.04. The van der Waals surface area contributed by atoms with E-state index >= 15 is 0 Å². The van der Waals surface area contributed by atoms with E-state index in [0.29, 0.717) is 0 Å². The van der Waals surface area contributed by atoms with Gasteiger partial charge < -0.3 is 14.6 Å². The van der Waals surface area contributed by atoms with Gasteiger partial charge >= 0.3 is 11.9 Å². The van der Waals surface area contributed by atoms with Crippen LogP contribution in [-0.2, 0) is 9.53 Å². The molecule has 16 heavy (non-hydrogen) atoms. The van der Waals surface area contributed by atoms with E-state index in [0.717, 1.165) is 0 Å². The topological polar surface area (TPSA) is 72.8 Å². The fourth-order valence-corrected chi connectivity index (χ4v) is 1.13. The molecule has 0 bridgehead atoms. The monoisotopic (exact) mass is 224 g/mol. The van der Waals surface area contributed by atoms with Crippen molar-refractivity contribution in [2.45, 2.75) is 13.8 Å².